The molecular formula is C28H52ClNO3. The van der Waals surface area contributed by atoms with E-state index in [4.69, 9.17) is 5.73 Å². The SMILES string of the molecule is CC(C)CCC[C@@H](C)[C@H]1CC[C@H]2[C@@H]3CC(O)(CN)C4(O)CC(O)CC[C@]4(C)[C@H]3CC[C@]12C.Cl. The van der Waals surface area contributed by atoms with Crippen molar-refractivity contribution in [2.45, 2.75) is 123 Å². The first kappa shape index (κ1) is 27.7. The number of fused-ring (bicyclic) bond motifs is 5. The van der Waals surface area contributed by atoms with E-state index in [9.17, 15) is 15.3 Å². The van der Waals surface area contributed by atoms with Crippen molar-refractivity contribution in [3.05, 3.63) is 0 Å². The first-order valence-corrected chi connectivity index (χ1v) is 13.7. The average molecular weight is 486 g/mol. The van der Waals surface area contributed by atoms with Crippen molar-refractivity contribution in [1.29, 1.82) is 0 Å². The highest BCUT2D eigenvalue weighted by molar-refractivity contribution is 5.85. The fraction of sp³-hybridized carbons (Fsp3) is 1.00. The summed E-state index contributed by atoms with van der Waals surface area (Å²) >= 11 is 0. The van der Waals surface area contributed by atoms with Crippen LogP contribution in [0.3, 0.4) is 0 Å². The highest BCUT2D eigenvalue weighted by Crippen LogP contribution is 2.70. The average Bonchev–Trinajstić information content (AvgIpc) is 3.07. The van der Waals surface area contributed by atoms with Gasteiger partial charge < -0.3 is 21.1 Å². The second-order valence-electron chi connectivity index (χ2n) is 13.5. The van der Waals surface area contributed by atoms with Crippen molar-refractivity contribution in [2.24, 2.45) is 52.1 Å². The van der Waals surface area contributed by atoms with E-state index in [1.54, 1.807) is 0 Å². The molecule has 10 atom stereocenters. The molecule has 0 spiro atoms. The summed E-state index contributed by atoms with van der Waals surface area (Å²) < 4.78 is 0. The largest absolute Gasteiger partial charge is 0.393 e. The molecule has 0 aliphatic heterocycles. The Morgan fingerprint density at radius 1 is 0.909 bits per heavy atom. The number of halogens is 1. The molecule has 0 aromatic heterocycles. The number of hydrogen-bond donors (Lipinski definition) is 4. The molecule has 4 aliphatic carbocycles. The van der Waals surface area contributed by atoms with Crippen molar-refractivity contribution < 1.29 is 15.3 Å². The van der Waals surface area contributed by atoms with Crippen LogP contribution >= 0.6 is 12.4 Å². The van der Waals surface area contributed by atoms with Gasteiger partial charge in [-0.3, -0.25) is 0 Å². The maximum Gasteiger partial charge on any atom is 0.106 e. The molecule has 0 heterocycles. The highest BCUT2D eigenvalue weighted by atomic mass is 35.5. The summed E-state index contributed by atoms with van der Waals surface area (Å²) in [5.74, 6) is 3.78. The molecule has 4 rings (SSSR count). The lowest BCUT2D eigenvalue weighted by atomic mass is 9.39. The zero-order valence-corrected chi connectivity index (χ0v) is 22.7. The molecule has 0 saturated heterocycles. The van der Waals surface area contributed by atoms with Gasteiger partial charge in [-0.15, -0.1) is 12.4 Å². The molecule has 0 aromatic carbocycles. The molecule has 4 aliphatic rings. The molecular weight excluding hydrogens is 434 g/mol. The molecule has 5 heteroatoms. The van der Waals surface area contributed by atoms with E-state index in [2.05, 4.69) is 34.6 Å². The highest BCUT2D eigenvalue weighted by Gasteiger charge is 2.71. The molecule has 194 valence electrons. The summed E-state index contributed by atoms with van der Waals surface area (Å²) in [5.41, 5.74) is 3.57. The van der Waals surface area contributed by atoms with Crippen LogP contribution in [0.4, 0.5) is 0 Å². The van der Waals surface area contributed by atoms with Crippen LogP contribution in [0.1, 0.15) is 105 Å². The van der Waals surface area contributed by atoms with Gasteiger partial charge in [-0.05, 0) is 85.9 Å². The summed E-state index contributed by atoms with van der Waals surface area (Å²) in [6, 6.07) is 0. The molecule has 0 radical (unpaired) electrons. The van der Waals surface area contributed by atoms with E-state index in [0.29, 0.717) is 29.6 Å². The van der Waals surface area contributed by atoms with Crippen LogP contribution in [0.25, 0.3) is 0 Å². The van der Waals surface area contributed by atoms with Crippen LogP contribution < -0.4 is 5.73 Å². The van der Waals surface area contributed by atoms with Gasteiger partial charge in [0.2, 0.25) is 0 Å². The van der Waals surface area contributed by atoms with Gasteiger partial charge in [0.15, 0.2) is 0 Å². The number of hydrogen-bond acceptors (Lipinski definition) is 4. The quantitative estimate of drug-likeness (QED) is 0.410. The third kappa shape index (κ3) is 4.12. The minimum atomic E-state index is -1.30. The van der Waals surface area contributed by atoms with E-state index in [1.165, 1.54) is 38.5 Å². The summed E-state index contributed by atoms with van der Waals surface area (Å²) in [6.45, 7) is 12.0. The molecule has 3 unspecified atom stereocenters. The molecule has 5 N–H and O–H groups in total. The Hall–Kier alpha value is 0.130. The van der Waals surface area contributed by atoms with E-state index >= 15 is 0 Å². The van der Waals surface area contributed by atoms with Crippen molar-refractivity contribution in [2.75, 3.05) is 6.54 Å². The van der Waals surface area contributed by atoms with Crippen molar-refractivity contribution in [3.63, 3.8) is 0 Å². The van der Waals surface area contributed by atoms with Gasteiger partial charge in [0, 0.05) is 18.4 Å². The summed E-state index contributed by atoms with van der Waals surface area (Å²) in [7, 11) is 0. The molecule has 0 amide bonds. The molecule has 33 heavy (non-hydrogen) atoms. The van der Waals surface area contributed by atoms with Crippen molar-refractivity contribution in [1.82, 2.24) is 0 Å². The number of rotatable bonds is 6. The Bertz CT molecular complexity index is 690. The Morgan fingerprint density at radius 3 is 2.24 bits per heavy atom. The smallest absolute Gasteiger partial charge is 0.106 e. The lowest BCUT2D eigenvalue weighted by Crippen LogP contribution is -2.75. The van der Waals surface area contributed by atoms with Crippen molar-refractivity contribution >= 4 is 12.4 Å². The van der Waals surface area contributed by atoms with E-state index in [1.807, 2.05) is 0 Å². The van der Waals surface area contributed by atoms with Gasteiger partial charge in [-0.1, -0.05) is 53.9 Å². The molecule has 0 aromatic rings. The maximum atomic E-state index is 12.0. The number of aliphatic hydroxyl groups is 3. The van der Waals surface area contributed by atoms with E-state index < -0.39 is 17.3 Å². The lowest BCUT2D eigenvalue weighted by molar-refractivity contribution is -0.303. The Labute approximate surface area is 208 Å². The van der Waals surface area contributed by atoms with Crippen LogP contribution in [0.2, 0.25) is 0 Å². The minimum absolute atomic E-state index is 0. The zero-order chi connectivity index (χ0) is 23.5. The van der Waals surface area contributed by atoms with Crippen LogP contribution in [0.5, 0.6) is 0 Å². The minimum Gasteiger partial charge on any atom is -0.393 e. The van der Waals surface area contributed by atoms with Crippen LogP contribution in [-0.2, 0) is 0 Å². The number of aliphatic hydroxyl groups excluding tert-OH is 1. The van der Waals surface area contributed by atoms with Gasteiger partial charge in [-0.2, -0.15) is 0 Å². The maximum absolute atomic E-state index is 12.0. The third-order valence-electron chi connectivity index (χ3n) is 11.6. The fourth-order valence-corrected chi connectivity index (χ4v) is 9.76. The van der Waals surface area contributed by atoms with Gasteiger partial charge in [0.1, 0.15) is 11.2 Å². The van der Waals surface area contributed by atoms with Crippen LogP contribution in [0.15, 0.2) is 0 Å². The van der Waals surface area contributed by atoms with Gasteiger partial charge in [0.25, 0.3) is 0 Å². The normalized spacial score (nSPS) is 50.2. The summed E-state index contributed by atoms with van der Waals surface area (Å²) in [4.78, 5) is 0. The van der Waals surface area contributed by atoms with E-state index in [0.717, 1.165) is 37.0 Å². The molecule has 4 fully saturated rings. The predicted octanol–water partition coefficient (Wildman–Crippen LogP) is 5.31. The van der Waals surface area contributed by atoms with Gasteiger partial charge >= 0.3 is 0 Å². The summed E-state index contributed by atoms with van der Waals surface area (Å²) in [5, 5.41) is 34.2. The second-order valence-corrected chi connectivity index (χ2v) is 13.5. The first-order chi connectivity index (χ1) is 14.9. The van der Waals surface area contributed by atoms with E-state index in [-0.39, 0.29) is 30.8 Å². The standard InChI is InChI=1S/C28H51NO3.ClH/c1-18(2)7-6-8-19(3)22-9-10-23-21-16-27(31,17-29)28(32)15-20(30)11-14-26(28,5)24(21)12-13-25(22,23)4;/h18-24,30-32H,6-17,29H2,1-5H3;1H/t19-,20?,21+,22-,23+,24+,25-,26-,27?,28?;/m1./s1. The zero-order valence-electron chi connectivity index (χ0n) is 21.9. The first-order valence-electron chi connectivity index (χ1n) is 13.7. The Balaban J connectivity index is 0.00000306. The molecule has 0 bridgehead atoms. The van der Waals surface area contributed by atoms with Crippen LogP contribution in [0, 0.1) is 46.3 Å². The van der Waals surface area contributed by atoms with Crippen LogP contribution in [-0.4, -0.2) is 39.2 Å². The predicted molar refractivity (Wildman–Crippen MR) is 137 cm³/mol. The van der Waals surface area contributed by atoms with Gasteiger partial charge in [0.05, 0.1) is 6.10 Å². The molecule has 4 nitrogen and oxygen atoms in total. The Kier molecular flexibility index (Phi) is 8.01. The number of nitrogens with two attached hydrogens (primary N) is 1. The lowest BCUT2D eigenvalue weighted by Gasteiger charge is -2.68. The second kappa shape index (κ2) is 9.54. The Morgan fingerprint density at radius 2 is 1.61 bits per heavy atom. The summed E-state index contributed by atoms with van der Waals surface area (Å²) in [6.07, 6.45) is 10.8. The topological polar surface area (TPSA) is 86.7 Å². The molecule has 4 saturated carbocycles. The monoisotopic (exact) mass is 485 g/mol. The van der Waals surface area contributed by atoms with Crippen molar-refractivity contribution in [3.8, 4) is 0 Å². The fourth-order valence-electron chi connectivity index (χ4n) is 9.76. The van der Waals surface area contributed by atoms with Gasteiger partial charge in [-0.25, -0.2) is 0 Å². The third-order valence-corrected chi connectivity index (χ3v) is 11.6.